The van der Waals surface area contributed by atoms with Crippen LogP contribution in [0.3, 0.4) is 0 Å². The third-order valence-corrected chi connectivity index (χ3v) is 4.22. The van der Waals surface area contributed by atoms with E-state index in [1.54, 1.807) is 41.1 Å². The highest BCUT2D eigenvalue weighted by Crippen LogP contribution is 2.21. The molecule has 3 rings (SSSR count). The average Bonchev–Trinajstić information content (AvgIpc) is 3.18. The lowest BCUT2D eigenvalue weighted by molar-refractivity contribution is -0.0498. The summed E-state index contributed by atoms with van der Waals surface area (Å²) in [6.45, 7) is -2.91. The van der Waals surface area contributed by atoms with E-state index in [0.29, 0.717) is 16.9 Å². The summed E-state index contributed by atoms with van der Waals surface area (Å²) in [5.74, 6) is -0.768. The first-order valence-corrected chi connectivity index (χ1v) is 8.76. The Bertz CT molecular complexity index is 928. The van der Waals surface area contributed by atoms with E-state index in [1.807, 2.05) is 0 Å². The molecule has 0 bridgehead atoms. The topological polar surface area (TPSA) is 67.4 Å². The molecule has 8 heteroatoms. The van der Waals surface area contributed by atoms with Crippen LogP contribution < -0.4 is 15.4 Å². The summed E-state index contributed by atoms with van der Waals surface area (Å²) in [6.07, 6.45) is 0. The number of carbonyl (C=O) groups is 2. The molecule has 0 aliphatic heterocycles. The van der Waals surface area contributed by atoms with Gasteiger partial charge in [0.05, 0.1) is 16.8 Å². The van der Waals surface area contributed by atoms with Crippen molar-refractivity contribution in [3.05, 3.63) is 76.5 Å². The first-order chi connectivity index (χ1) is 13.0. The molecule has 0 saturated carbocycles. The first kappa shape index (κ1) is 18.5. The van der Waals surface area contributed by atoms with Gasteiger partial charge in [0.15, 0.2) is 0 Å². The molecule has 0 aliphatic rings. The van der Waals surface area contributed by atoms with Gasteiger partial charge in [-0.2, -0.15) is 20.1 Å². The molecule has 2 N–H and O–H groups in total. The van der Waals surface area contributed by atoms with Gasteiger partial charge in [-0.3, -0.25) is 9.59 Å². The number of ether oxygens (including phenoxy) is 1. The van der Waals surface area contributed by atoms with E-state index in [4.69, 9.17) is 0 Å². The number of benzene rings is 2. The lowest BCUT2D eigenvalue weighted by atomic mass is 10.1. The Balaban J connectivity index is 1.72. The highest BCUT2D eigenvalue weighted by atomic mass is 32.1. The zero-order valence-corrected chi connectivity index (χ0v) is 14.6. The molecular formula is C19H14F2N2O3S. The van der Waals surface area contributed by atoms with Crippen LogP contribution in [-0.2, 0) is 0 Å². The third kappa shape index (κ3) is 4.89. The summed E-state index contributed by atoms with van der Waals surface area (Å²) in [5, 5.41) is 8.87. The molecule has 27 heavy (non-hydrogen) atoms. The van der Waals surface area contributed by atoms with Crippen LogP contribution in [0, 0.1) is 0 Å². The molecule has 2 amide bonds. The number of alkyl halides is 2. The van der Waals surface area contributed by atoms with Gasteiger partial charge in [0.1, 0.15) is 5.75 Å². The Hall–Kier alpha value is -3.26. The highest BCUT2D eigenvalue weighted by Gasteiger charge is 2.14. The maximum atomic E-state index is 12.6. The molecule has 0 atom stereocenters. The smallest absolute Gasteiger partial charge is 0.387 e. The standard InChI is InChI=1S/C19H14F2N2O3S/c20-19(21)26-14-7-5-13(6-8-14)22-18(25)15-3-1-2-4-16(15)23-17(24)12-9-10-27-11-12/h1-11,19H,(H,22,25)(H,23,24). The highest BCUT2D eigenvalue weighted by molar-refractivity contribution is 7.08. The van der Waals surface area contributed by atoms with Crippen molar-refractivity contribution in [2.75, 3.05) is 10.6 Å². The number of anilines is 2. The Morgan fingerprint density at radius 2 is 1.67 bits per heavy atom. The summed E-state index contributed by atoms with van der Waals surface area (Å²) in [4.78, 5) is 24.8. The molecule has 2 aromatic carbocycles. The van der Waals surface area contributed by atoms with E-state index in [-0.39, 0.29) is 17.2 Å². The fraction of sp³-hybridized carbons (Fsp3) is 0.0526. The van der Waals surface area contributed by atoms with E-state index in [9.17, 15) is 18.4 Å². The fourth-order valence-electron chi connectivity index (χ4n) is 2.30. The van der Waals surface area contributed by atoms with E-state index in [2.05, 4.69) is 15.4 Å². The van der Waals surface area contributed by atoms with Crippen LogP contribution in [0.1, 0.15) is 20.7 Å². The molecule has 0 spiro atoms. The predicted molar refractivity (Wildman–Crippen MR) is 99.7 cm³/mol. The molecule has 0 aliphatic carbocycles. The Kier molecular flexibility index (Phi) is 5.77. The monoisotopic (exact) mass is 388 g/mol. The number of thiophene rings is 1. The number of nitrogens with one attached hydrogen (secondary N) is 2. The van der Waals surface area contributed by atoms with Crippen LogP contribution in [0.15, 0.2) is 65.4 Å². The van der Waals surface area contributed by atoms with Crippen LogP contribution >= 0.6 is 11.3 Å². The van der Waals surface area contributed by atoms with Crippen molar-refractivity contribution in [3.8, 4) is 5.75 Å². The zero-order chi connectivity index (χ0) is 19.2. The van der Waals surface area contributed by atoms with Gasteiger partial charge < -0.3 is 15.4 Å². The number of amides is 2. The van der Waals surface area contributed by atoms with Gasteiger partial charge >= 0.3 is 6.61 Å². The Morgan fingerprint density at radius 3 is 2.33 bits per heavy atom. The van der Waals surface area contributed by atoms with E-state index in [0.717, 1.165) is 0 Å². The van der Waals surface area contributed by atoms with Gasteiger partial charge in [-0.05, 0) is 47.8 Å². The summed E-state index contributed by atoms with van der Waals surface area (Å²) in [5.41, 5.74) is 1.54. The number of carbonyl (C=O) groups excluding carboxylic acids is 2. The van der Waals surface area contributed by atoms with Gasteiger partial charge in [-0.25, -0.2) is 0 Å². The minimum absolute atomic E-state index is 0.00794. The van der Waals surface area contributed by atoms with Crippen molar-refractivity contribution < 1.29 is 23.1 Å². The SMILES string of the molecule is O=C(Nc1ccccc1C(=O)Nc1ccc(OC(F)F)cc1)c1ccsc1. The summed E-state index contributed by atoms with van der Waals surface area (Å²) in [7, 11) is 0. The minimum atomic E-state index is -2.91. The van der Waals surface area contributed by atoms with Crippen LogP contribution in [0.25, 0.3) is 0 Å². The van der Waals surface area contributed by atoms with Crippen LogP contribution in [-0.4, -0.2) is 18.4 Å². The van der Waals surface area contributed by atoms with Crippen molar-refractivity contribution in [2.24, 2.45) is 0 Å². The number of rotatable bonds is 6. The lowest BCUT2D eigenvalue weighted by Gasteiger charge is -2.11. The maximum absolute atomic E-state index is 12.6. The first-order valence-electron chi connectivity index (χ1n) is 7.82. The molecule has 5 nitrogen and oxygen atoms in total. The lowest BCUT2D eigenvalue weighted by Crippen LogP contribution is -2.18. The number of hydrogen-bond acceptors (Lipinski definition) is 4. The molecule has 0 fully saturated rings. The second-order valence-electron chi connectivity index (χ2n) is 5.37. The van der Waals surface area contributed by atoms with Crippen LogP contribution in [0.4, 0.5) is 20.2 Å². The molecule has 0 unspecified atom stereocenters. The van der Waals surface area contributed by atoms with Crippen molar-refractivity contribution in [1.29, 1.82) is 0 Å². The fourth-order valence-corrected chi connectivity index (χ4v) is 2.93. The second-order valence-corrected chi connectivity index (χ2v) is 6.15. The summed E-state index contributed by atoms with van der Waals surface area (Å²) < 4.78 is 28.6. The van der Waals surface area contributed by atoms with E-state index in [1.165, 1.54) is 35.6 Å². The zero-order valence-electron chi connectivity index (χ0n) is 13.8. The molecule has 1 heterocycles. The van der Waals surface area contributed by atoms with Gasteiger partial charge in [0, 0.05) is 11.1 Å². The predicted octanol–water partition coefficient (Wildman–Crippen LogP) is 4.85. The number of halogens is 2. The van der Waals surface area contributed by atoms with Gasteiger partial charge in [0.2, 0.25) is 0 Å². The van der Waals surface area contributed by atoms with E-state index >= 15 is 0 Å². The van der Waals surface area contributed by atoms with Crippen molar-refractivity contribution >= 4 is 34.5 Å². The summed E-state index contributed by atoms with van der Waals surface area (Å²) in [6, 6.07) is 13.8. The number of para-hydroxylation sites is 1. The van der Waals surface area contributed by atoms with Gasteiger partial charge in [0.25, 0.3) is 11.8 Å². The molecule has 0 radical (unpaired) electrons. The van der Waals surface area contributed by atoms with Crippen molar-refractivity contribution in [1.82, 2.24) is 0 Å². The van der Waals surface area contributed by atoms with Crippen molar-refractivity contribution in [3.63, 3.8) is 0 Å². The average molecular weight is 388 g/mol. The molecular weight excluding hydrogens is 374 g/mol. The largest absolute Gasteiger partial charge is 0.435 e. The Morgan fingerprint density at radius 1 is 0.926 bits per heavy atom. The van der Waals surface area contributed by atoms with Crippen molar-refractivity contribution in [2.45, 2.75) is 6.61 Å². The second kappa shape index (κ2) is 8.41. The normalized spacial score (nSPS) is 10.5. The van der Waals surface area contributed by atoms with Gasteiger partial charge in [-0.15, -0.1) is 0 Å². The molecule has 1 aromatic heterocycles. The minimum Gasteiger partial charge on any atom is -0.435 e. The van der Waals surface area contributed by atoms with E-state index < -0.39 is 12.5 Å². The molecule has 138 valence electrons. The quantitative estimate of drug-likeness (QED) is 0.634. The van der Waals surface area contributed by atoms with Crippen LogP contribution in [0.5, 0.6) is 5.75 Å². The maximum Gasteiger partial charge on any atom is 0.387 e. The van der Waals surface area contributed by atoms with Crippen LogP contribution in [0.2, 0.25) is 0 Å². The summed E-state index contributed by atoms with van der Waals surface area (Å²) >= 11 is 1.40. The third-order valence-electron chi connectivity index (χ3n) is 3.54. The van der Waals surface area contributed by atoms with Gasteiger partial charge in [-0.1, -0.05) is 12.1 Å². The molecule has 3 aromatic rings. The number of hydrogen-bond donors (Lipinski definition) is 2. The Labute approximate surface area is 157 Å². The molecule has 0 saturated heterocycles.